The average Bonchev–Trinajstić information content (AvgIpc) is 3.56. The molecule has 0 radical (unpaired) electrons. The van der Waals surface area contributed by atoms with Crippen LogP contribution in [0.25, 0.3) is 17.1 Å². The maximum atomic E-state index is 13.5. The zero-order valence-corrected chi connectivity index (χ0v) is 23.1. The van der Waals surface area contributed by atoms with Crippen LogP contribution in [0.5, 0.6) is 0 Å². The highest BCUT2D eigenvalue weighted by Gasteiger charge is 2.46. The summed E-state index contributed by atoms with van der Waals surface area (Å²) < 4.78 is 94.0. The molecule has 2 aromatic carbocycles. The molecule has 0 saturated heterocycles. The number of aromatic nitrogens is 6. The molecule has 0 saturated carbocycles. The molecule has 0 aliphatic rings. The first-order valence-corrected chi connectivity index (χ1v) is 13.1. The summed E-state index contributed by atoms with van der Waals surface area (Å²) in [6.07, 6.45) is -12.0. The Morgan fingerprint density at radius 1 is 1.02 bits per heavy atom. The Hall–Kier alpha value is -4.09. The smallest absolute Gasteiger partial charge is 0.382 e. The number of benzene rings is 2. The molecule has 0 bridgehead atoms. The predicted octanol–water partition coefficient (Wildman–Crippen LogP) is 4.11. The summed E-state index contributed by atoms with van der Waals surface area (Å²) >= 11 is 5.89. The van der Waals surface area contributed by atoms with Crippen molar-refractivity contribution in [3.63, 3.8) is 0 Å². The minimum Gasteiger partial charge on any atom is -0.382 e. The lowest BCUT2D eigenvalue weighted by Gasteiger charge is -2.22. The van der Waals surface area contributed by atoms with Gasteiger partial charge in [0.1, 0.15) is 12.9 Å². The number of ketones is 1. The van der Waals surface area contributed by atoms with E-state index in [9.17, 15) is 45.4 Å². The Balaban J connectivity index is 1.60. The fraction of sp³-hybridized carbons (Fsp3) is 0.346. The normalized spacial score (nSPS) is 13.8. The van der Waals surface area contributed by atoms with E-state index < -0.39 is 68.1 Å². The number of aliphatic hydroxyl groups is 1. The Labute approximate surface area is 248 Å². The lowest BCUT2D eigenvalue weighted by atomic mass is 9.99. The van der Waals surface area contributed by atoms with Crippen molar-refractivity contribution < 1.29 is 40.6 Å². The standard InChI is InChI=1S/C26H23ClF7N7O3/c27-15-7-5-14(6-8-15)22-38-40(24(44)39(22)11-20(43)26(32,33)34)12-21-36-13-41(37-21)17-4-2-1-3-16(17)18(42)9-10-19(35)25(30,31)23(28)29/h1-8,13,19-20,23,43H,9-12,35H2/t19?,20-/m0/s1. The molecule has 2 heterocycles. The second-order valence-corrected chi connectivity index (χ2v) is 10.0. The molecule has 4 rings (SSSR count). The third kappa shape index (κ3) is 7.16. The fourth-order valence-corrected chi connectivity index (χ4v) is 4.23. The molecule has 3 N–H and O–H groups in total. The number of Topliss-reactive ketones (excluding diaryl/α,β-unsaturated/α-hetero) is 1. The monoisotopic (exact) mass is 649 g/mol. The molecule has 18 heteroatoms. The zero-order chi connectivity index (χ0) is 32.4. The topological polar surface area (TPSA) is 134 Å². The molecule has 0 amide bonds. The summed E-state index contributed by atoms with van der Waals surface area (Å²) in [5, 5.41) is 18.3. The maximum absolute atomic E-state index is 13.5. The van der Waals surface area contributed by atoms with Crippen molar-refractivity contribution in [2.45, 2.75) is 56.6 Å². The van der Waals surface area contributed by atoms with E-state index in [2.05, 4.69) is 15.2 Å². The van der Waals surface area contributed by atoms with Crippen LogP contribution in [0.15, 0.2) is 59.7 Å². The molecule has 0 spiro atoms. The van der Waals surface area contributed by atoms with Crippen LogP contribution in [0.4, 0.5) is 30.7 Å². The van der Waals surface area contributed by atoms with Gasteiger partial charge in [0, 0.05) is 22.6 Å². The van der Waals surface area contributed by atoms with Crippen molar-refractivity contribution in [3.8, 4) is 17.1 Å². The predicted molar refractivity (Wildman–Crippen MR) is 142 cm³/mol. The number of alkyl halides is 7. The summed E-state index contributed by atoms with van der Waals surface area (Å²) in [6.45, 7) is -1.58. The van der Waals surface area contributed by atoms with E-state index in [-0.39, 0.29) is 28.5 Å². The third-order valence-corrected chi connectivity index (χ3v) is 6.76. The van der Waals surface area contributed by atoms with Gasteiger partial charge in [-0.15, -0.1) is 10.2 Å². The van der Waals surface area contributed by atoms with Gasteiger partial charge < -0.3 is 10.8 Å². The molecule has 0 aliphatic carbocycles. The van der Waals surface area contributed by atoms with Gasteiger partial charge in [0.25, 0.3) is 0 Å². The lowest BCUT2D eigenvalue weighted by molar-refractivity contribution is -0.207. The number of carbonyl (C=O) groups is 1. The number of para-hydroxylation sites is 1. The highest BCUT2D eigenvalue weighted by molar-refractivity contribution is 6.30. The molecule has 0 fully saturated rings. The van der Waals surface area contributed by atoms with Crippen LogP contribution in [0.3, 0.4) is 0 Å². The summed E-state index contributed by atoms with van der Waals surface area (Å²) in [7, 11) is 0. The van der Waals surface area contributed by atoms with Gasteiger partial charge in [-0.2, -0.15) is 22.0 Å². The minimum absolute atomic E-state index is 0.0101. The number of halogens is 8. The zero-order valence-electron chi connectivity index (χ0n) is 22.3. The Morgan fingerprint density at radius 2 is 1.68 bits per heavy atom. The van der Waals surface area contributed by atoms with Crippen LogP contribution in [-0.4, -0.2) is 70.7 Å². The van der Waals surface area contributed by atoms with Gasteiger partial charge >= 0.3 is 24.2 Å². The second-order valence-electron chi connectivity index (χ2n) is 9.60. The third-order valence-electron chi connectivity index (χ3n) is 6.51. The number of hydrogen-bond donors (Lipinski definition) is 2. The molecule has 2 atom stereocenters. The van der Waals surface area contributed by atoms with Crippen molar-refractivity contribution in [3.05, 3.63) is 81.8 Å². The van der Waals surface area contributed by atoms with Crippen molar-refractivity contribution in [1.82, 2.24) is 29.1 Å². The number of rotatable bonds is 12. The van der Waals surface area contributed by atoms with Crippen molar-refractivity contribution in [2.24, 2.45) is 5.73 Å². The fourth-order valence-electron chi connectivity index (χ4n) is 4.10. The van der Waals surface area contributed by atoms with Crippen LogP contribution in [0, 0.1) is 0 Å². The average molecular weight is 650 g/mol. The van der Waals surface area contributed by atoms with Crippen molar-refractivity contribution in [2.75, 3.05) is 0 Å². The van der Waals surface area contributed by atoms with Crippen LogP contribution in [0.2, 0.25) is 5.02 Å². The number of aliphatic hydroxyl groups excluding tert-OH is 1. The van der Waals surface area contributed by atoms with Crippen LogP contribution < -0.4 is 11.4 Å². The first kappa shape index (κ1) is 32.8. The van der Waals surface area contributed by atoms with Gasteiger partial charge in [0.15, 0.2) is 23.5 Å². The summed E-state index contributed by atoms with van der Waals surface area (Å²) in [5.74, 6) is -5.43. The lowest BCUT2D eigenvalue weighted by Crippen LogP contribution is -2.46. The van der Waals surface area contributed by atoms with Crippen molar-refractivity contribution in [1.29, 1.82) is 0 Å². The summed E-state index contributed by atoms with van der Waals surface area (Å²) in [6, 6.07) is 9.26. The summed E-state index contributed by atoms with van der Waals surface area (Å²) in [5.41, 5.74) is 4.55. The molecule has 2 aromatic heterocycles. The van der Waals surface area contributed by atoms with Gasteiger partial charge in [0.2, 0.25) is 0 Å². The van der Waals surface area contributed by atoms with Crippen LogP contribution in [0.1, 0.15) is 29.0 Å². The van der Waals surface area contributed by atoms with E-state index in [0.717, 1.165) is 15.7 Å². The van der Waals surface area contributed by atoms with E-state index in [4.69, 9.17) is 17.3 Å². The maximum Gasteiger partial charge on any atom is 0.416 e. The molecule has 236 valence electrons. The van der Waals surface area contributed by atoms with Gasteiger partial charge in [-0.05, 0) is 42.8 Å². The number of nitrogens with zero attached hydrogens (tertiary/aromatic N) is 6. The first-order valence-electron chi connectivity index (χ1n) is 12.7. The quantitative estimate of drug-likeness (QED) is 0.174. The Kier molecular flexibility index (Phi) is 9.60. The number of carbonyl (C=O) groups excluding carboxylic acids is 1. The van der Waals surface area contributed by atoms with Crippen LogP contribution in [-0.2, 0) is 13.1 Å². The number of nitrogens with two attached hydrogens (primary N) is 1. The molecule has 44 heavy (non-hydrogen) atoms. The minimum atomic E-state index is -5.02. The van der Waals surface area contributed by atoms with Gasteiger partial charge in [-0.25, -0.2) is 27.9 Å². The molecule has 0 aliphatic heterocycles. The van der Waals surface area contributed by atoms with E-state index in [1.54, 1.807) is 0 Å². The molecule has 4 aromatic rings. The van der Waals surface area contributed by atoms with E-state index in [1.807, 2.05) is 0 Å². The van der Waals surface area contributed by atoms with Gasteiger partial charge in [0.05, 0.1) is 18.3 Å². The molecule has 1 unspecified atom stereocenters. The Bertz CT molecular complexity index is 1670. The van der Waals surface area contributed by atoms with E-state index in [1.165, 1.54) is 48.5 Å². The first-order chi connectivity index (χ1) is 20.6. The van der Waals surface area contributed by atoms with Gasteiger partial charge in [-0.1, -0.05) is 23.7 Å². The second kappa shape index (κ2) is 12.9. The largest absolute Gasteiger partial charge is 0.416 e. The SMILES string of the molecule is NC(CCC(=O)c1ccccc1-n1cnc(Cn2nc(-c3ccc(Cl)cc3)n(C[C@H](O)C(F)(F)F)c2=O)n1)C(F)(F)C(F)F. The number of hydrogen-bond acceptors (Lipinski definition) is 7. The Morgan fingerprint density at radius 3 is 2.32 bits per heavy atom. The van der Waals surface area contributed by atoms with Crippen molar-refractivity contribution >= 4 is 17.4 Å². The molecule has 10 nitrogen and oxygen atoms in total. The highest BCUT2D eigenvalue weighted by atomic mass is 35.5. The summed E-state index contributed by atoms with van der Waals surface area (Å²) in [4.78, 5) is 30.0. The van der Waals surface area contributed by atoms with E-state index in [0.29, 0.717) is 9.59 Å². The highest BCUT2D eigenvalue weighted by Crippen LogP contribution is 2.29. The van der Waals surface area contributed by atoms with E-state index >= 15 is 0 Å². The van der Waals surface area contributed by atoms with Gasteiger partial charge in [-0.3, -0.25) is 9.36 Å². The van der Waals surface area contributed by atoms with Crippen LogP contribution >= 0.6 is 11.6 Å². The molecular formula is C26H23ClF7N7O3. The molecular weight excluding hydrogens is 627 g/mol.